The lowest BCUT2D eigenvalue weighted by molar-refractivity contribution is -0.150. The van der Waals surface area contributed by atoms with Crippen LogP contribution in [-0.4, -0.2) is 50.6 Å². The highest BCUT2D eigenvalue weighted by Gasteiger charge is 2.41. The zero-order valence-corrected chi connectivity index (χ0v) is 15.2. The molecular weight excluding hydrogens is 332 g/mol. The van der Waals surface area contributed by atoms with Crippen LogP contribution in [0.5, 0.6) is 0 Å². The van der Waals surface area contributed by atoms with Crippen LogP contribution in [0.3, 0.4) is 0 Å². The highest BCUT2D eigenvalue weighted by molar-refractivity contribution is 5.84. The van der Waals surface area contributed by atoms with Crippen LogP contribution in [0.1, 0.15) is 51.1 Å². The molecule has 2 saturated heterocycles. The number of esters is 1. The topological polar surface area (TPSA) is 88.2 Å². The number of amides is 1. The number of nitrogens with one attached hydrogen (secondary N) is 1. The van der Waals surface area contributed by atoms with Gasteiger partial charge in [-0.05, 0) is 38.8 Å². The molecule has 0 spiro atoms. The molecule has 1 N–H and O–H groups in total. The molecule has 0 aliphatic carbocycles. The van der Waals surface area contributed by atoms with E-state index in [1.165, 1.54) is 0 Å². The van der Waals surface area contributed by atoms with Crippen LogP contribution in [0.25, 0.3) is 11.0 Å². The molecule has 0 saturated carbocycles. The summed E-state index contributed by atoms with van der Waals surface area (Å²) in [6, 6.07) is 3.92. The molecule has 138 valence electrons. The number of nitrogens with zero attached hydrogens (tertiary/aromatic N) is 3. The van der Waals surface area contributed by atoms with Crippen LogP contribution >= 0.6 is 0 Å². The number of aromatic nitrogens is 3. The highest BCUT2D eigenvalue weighted by Crippen LogP contribution is 2.34. The fourth-order valence-corrected chi connectivity index (χ4v) is 4.19. The zero-order valence-electron chi connectivity index (χ0n) is 15.2. The molecule has 0 bridgehead atoms. The predicted molar refractivity (Wildman–Crippen MR) is 95.3 cm³/mol. The van der Waals surface area contributed by atoms with Gasteiger partial charge in [0.15, 0.2) is 5.65 Å². The number of carbonyl (C=O) groups is 2. The van der Waals surface area contributed by atoms with E-state index in [0.29, 0.717) is 18.6 Å². The van der Waals surface area contributed by atoms with Crippen molar-refractivity contribution in [3.8, 4) is 0 Å². The Bertz CT molecular complexity index is 844. The van der Waals surface area contributed by atoms with Crippen LogP contribution < -0.4 is 0 Å². The number of piperidine rings is 1. The summed E-state index contributed by atoms with van der Waals surface area (Å²) in [5, 5.41) is 8.40. The maximum atomic E-state index is 12.8. The van der Waals surface area contributed by atoms with E-state index in [2.05, 4.69) is 15.2 Å². The summed E-state index contributed by atoms with van der Waals surface area (Å²) >= 11 is 0. The van der Waals surface area contributed by atoms with Gasteiger partial charge < -0.3 is 9.64 Å². The van der Waals surface area contributed by atoms with Gasteiger partial charge in [0.25, 0.3) is 0 Å². The molecule has 2 atom stereocenters. The first-order valence-electron chi connectivity index (χ1n) is 9.22. The van der Waals surface area contributed by atoms with Crippen molar-refractivity contribution in [2.75, 3.05) is 13.1 Å². The fraction of sp³-hybridized carbons (Fsp3) is 0.579. The Morgan fingerprint density at radius 1 is 1.46 bits per heavy atom. The Labute approximate surface area is 152 Å². The molecule has 4 heterocycles. The smallest absolute Gasteiger partial charge is 0.310 e. The first kappa shape index (κ1) is 17.0. The lowest BCUT2D eigenvalue weighted by Gasteiger charge is -2.33. The number of hydrogen-bond donors (Lipinski definition) is 1. The van der Waals surface area contributed by atoms with Crippen molar-refractivity contribution in [3.05, 3.63) is 24.0 Å². The Morgan fingerprint density at radius 2 is 2.31 bits per heavy atom. The van der Waals surface area contributed by atoms with Crippen LogP contribution in [0.15, 0.2) is 18.3 Å². The molecule has 26 heavy (non-hydrogen) atoms. The van der Waals surface area contributed by atoms with Gasteiger partial charge in [0, 0.05) is 49.1 Å². The number of rotatable bonds is 3. The molecule has 2 aliphatic rings. The number of likely N-dealkylation sites (tertiary alicyclic amines) is 1. The van der Waals surface area contributed by atoms with Gasteiger partial charge in [-0.25, -0.2) is 4.98 Å². The van der Waals surface area contributed by atoms with E-state index in [1.54, 1.807) is 6.20 Å². The van der Waals surface area contributed by atoms with Gasteiger partial charge in [-0.2, -0.15) is 5.10 Å². The summed E-state index contributed by atoms with van der Waals surface area (Å²) in [5.41, 5.74) is 1.29. The monoisotopic (exact) mass is 356 g/mol. The summed E-state index contributed by atoms with van der Waals surface area (Å²) in [6.07, 6.45) is 4.52. The number of pyridine rings is 1. The average molecular weight is 356 g/mol. The number of hydrogen-bond acceptors (Lipinski definition) is 5. The largest absolute Gasteiger partial charge is 0.459 e. The Balaban J connectivity index is 1.45. The maximum Gasteiger partial charge on any atom is 0.310 e. The van der Waals surface area contributed by atoms with Crippen LogP contribution in [0.4, 0.5) is 0 Å². The maximum absolute atomic E-state index is 12.8. The number of aromatic amines is 1. The number of cyclic esters (lactones) is 1. The average Bonchev–Trinajstić information content (AvgIpc) is 3.15. The third-order valence-electron chi connectivity index (χ3n) is 5.41. The van der Waals surface area contributed by atoms with E-state index in [4.69, 9.17) is 4.74 Å². The van der Waals surface area contributed by atoms with Crippen molar-refractivity contribution >= 4 is 22.9 Å². The van der Waals surface area contributed by atoms with Crippen molar-refractivity contribution in [2.45, 2.75) is 51.0 Å². The van der Waals surface area contributed by atoms with Gasteiger partial charge >= 0.3 is 5.97 Å². The molecule has 2 aliphatic heterocycles. The summed E-state index contributed by atoms with van der Waals surface area (Å²) in [5.74, 6) is -0.317. The Morgan fingerprint density at radius 3 is 3.08 bits per heavy atom. The molecule has 0 aromatic carbocycles. The van der Waals surface area contributed by atoms with Crippen molar-refractivity contribution in [3.63, 3.8) is 0 Å². The first-order chi connectivity index (χ1) is 12.4. The van der Waals surface area contributed by atoms with Gasteiger partial charge in [0.2, 0.25) is 5.91 Å². The summed E-state index contributed by atoms with van der Waals surface area (Å²) in [6.45, 7) is 5.17. The molecule has 1 amide bonds. The van der Waals surface area contributed by atoms with Gasteiger partial charge in [-0.15, -0.1) is 0 Å². The SMILES string of the molecule is CC1(C)C[C@@H](CC(=O)N2CCC[C@@H](c3[nH]nc4ncccc34)C2)C(=O)O1. The second kappa shape index (κ2) is 6.37. The molecule has 2 aromatic rings. The van der Waals surface area contributed by atoms with Crippen LogP contribution in [0.2, 0.25) is 0 Å². The van der Waals surface area contributed by atoms with E-state index in [0.717, 1.165) is 30.5 Å². The molecule has 7 heteroatoms. The molecule has 2 fully saturated rings. The summed E-state index contributed by atoms with van der Waals surface area (Å²) < 4.78 is 5.35. The van der Waals surface area contributed by atoms with Gasteiger partial charge in [0.1, 0.15) is 5.60 Å². The lowest BCUT2D eigenvalue weighted by atomic mass is 9.91. The highest BCUT2D eigenvalue weighted by atomic mass is 16.6. The molecule has 0 unspecified atom stereocenters. The van der Waals surface area contributed by atoms with Crippen molar-refractivity contribution in [2.24, 2.45) is 5.92 Å². The van der Waals surface area contributed by atoms with Gasteiger partial charge in [-0.3, -0.25) is 14.7 Å². The van der Waals surface area contributed by atoms with Gasteiger partial charge in [-0.1, -0.05) is 0 Å². The zero-order chi connectivity index (χ0) is 18.3. The third-order valence-corrected chi connectivity index (χ3v) is 5.41. The van der Waals surface area contributed by atoms with E-state index in [9.17, 15) is 9.59 Å². The lowest BCUT2D eigenvalue weighted by Crippen LogP contribution is -2.40. The minimum Gasteiger partial charge on any atom is -0.459 e. The predicted octanol–water partition coefficient (Wildman–Crippen LogP) is 2.40. The Kier molecular flexibility index (Phi) is 4.17. The van der Waals surface area contributed by atoms with Crippen molar-refractivity contribution in [1.82, 2.24) is 20.1 Å². The van der Waals surface area contributed by atoms with Crippen molar-refractivity contribution < 1.29 is 14.3 Å². The number of H-pyrrole nitrogens is 1. The summed E-state index contributed by atoms with van der Waals surface area (Å²) in [4.78, 5) is 30.9. The molecule has 7 nitrogen and oxygen atoms in total. The van der Waals surface area contributed by atoms with Crippen LogP contribution in [-0.2, 0) is 14.3 Å². The van der Waals surface area contributed by atoms with E-state index in [1.807, 2.05) is 30.9 Å². The number of ether oxygens (including phenoxy) is 1. The van der Waals surface area contributed by atoms with Crippen molar-refractivity contribution in [1.29, 1.82) is 0 Å². The minimum atomic E-state index is -0.464. The standard InChI is InChI=1S/C19H24N4O3/c1-19(2)10-13(18(25)26-19)9-15(24)23-8-4-5-12(11-23)16-14-6-3-7-20-17(14)22-21-16/h3,6-7,12-13H,4-5,8-11H2,1-2H3,(H,20,21,22)/t12-,13-/m1/s1. The Hall–Kier alpha value is -2.44. The van der Waals surface area contributed by atoms with E-state index >= 15 is 0 Å². The van der Waals surface area contributed by atoms with Gasteiger partial charge in [0.05, 0.1) is 5.92 Å². The van der Waals surface area contributed by atoms with E-state index in [-0.39, 0.29) is 30.1 Å². The van der Waals surface area contributed by atoms with E-state index < -0.39 is 5.60 Å². The molecule has 4 rings (SSSR count). The first-order valence-corrected chi connectivity index (χ1v) is 9.22. The molecule has 2 aromatic heterocycles. The fourth-order valence-electron chi connectivity index (χ4n) is 4.19. The normalized spacial score (nSPS) is 25.5. The second-order valence-electron chi connectivity index (χ2n) is 7.98. The molecular formula is C19H24N4O3. The minimum absolute atomic E-state index is 0.0382. The quantitative estimate of drug-likeness (QED) is 0.853. The summed E-state index contributed by atoms with van der Waals surface area (Å²) in [7, 11) is 0. The second-order valence-corrected chi connectivity index (χ2v) is 7.98. The number of fused-ring (bicyclic) bond motifs is 1. The van der Waals surface area contributed by atoms with Crippen LogP contribution in [0, 0.1) is 5.92 Å². The molecule has 0 radical (unpaired) electrons. The number of carbonyl (C=O) groups excluding carboxylic acids is 2. The third kappa shape index (κ3) is 3.18.